The van der Waals surface area contributed by atoms with Crippen LogP contribution >= 0.6 is 0 Å². The number of carboxylic acid groups (broad SMARTS) is 1. The summed E-state index contributed by atoms with van der Waals surface area (Å²) in [6, 6.07) is 0. The number of hydrogen-bond donors (Lipinski definition) is 3. The molecule has 0 atom stereocenters. The largest absolute Gasteiger partial charge is 0.481 e. The van der Waals surface area contributed by atoms with Crippen molar-refractivity contribution in [1.82, 2.24) is 5.32 Å². The summed E-state index contributed by atoms with van der Waals surface area (Å²) in [6.45, 7) is 4.86. The first kappa shape index (κ1) is 16.9. The topological polar surface area (TPSA) is 86.6 Å². The predicted octanol–water partition coefficient (Wildman–Crippen LogP) is 1.55. The lowest BCUT2D eigenvalue weighted by Crippen LogP contribution is -2.34. The molecule has 0 fully saturated rings. The summed E-state index contributed by atoms with van der Waals surface area (Å²) in [5.74, 6) is -0.849. The van der Waals surface area contributed by atoms with Gasteiger partial charge in [0.2, 0.25) is 5.91 Å². The average molecular weight is 259 g/mol. The van der Waals surface area contributed by atoms with Gasteiger partial charge in [0.15, 0.2) is 0 Å². The zero-order chi connectivity index (χ0) is 14.0. The van der Waals surface area contributed by atoms with Gasteiger partial charge in [0, 0.05) is 26.0 Å². The van der Waals surface area contributed by atoms with Crippen molar-refractivity contribution >= 4 is 11.9 Å². The fourth-order valence-corrected chi connectivity index (χ4v) is 1.63. The highest BCUT2D eigenvalue weighted by Gasteiger charge is 2.18. The van der Waals surface area contributed by atoms with Gasteiger partial charge in [-0.3, -0.25) is 9.59 Å². The Morgan fingerprint density at radius 2 is 1.72 bits per heavy atom. The minimum atomic E-state index is -0.819. The molecule has 0 aromatic carbocycles. The number of aliphatic hydroxyl groups excluding tert-OH is 1. The maximum absolute atomic E-state index is 11.5. The van der Waals surface area contributed by atoms with Crippen LogP contribution in [0.5, 0.6) is 0 Å². The summed E-state index contributed by atoms with van der Waals surface area (Å²) in [5, 5.41) is 20.1. The summed E-state index contributed by atoms with van der Waals surface area (Å²) in [7, 11) is 0. The molecule has 0 rings (SSSR count). The van der Waals surface area contributed by atoms with E-state index in [-0.39, 0.29) is 24.3 Å². The fourth-order valence-electron chi connectivity index (χ4n) is 1.63. The summed E-state index contributed by atoms with van der Waals surface area (Å²) in [4.78, 5) is 21.8. The molecular formula is C13H25NO4. The number of nitrogens with one attached hydrogen (secondary N) is 1. The van der Waals surface area contributed by atoms with E-state index >= 15 is 0 Å². The Labute approximate surface area is 109 Å². The number of aliphatic hydroxyl groups is 1. The molecule has 0 spiro atoms. The van der Waals surface area contributed by atoms with E-state index < -0.39 is 5.97 Å². The van der Waals surface area contributed by atoms with Gasteiger partial charge < -0.3 is 15.5 Å². The third kappa shape index (κ3) is 10.1. The van der Waals surface area contributed by atoms with Crippen molar-refractivity contribution in [2.75, 3.05) is 13.2 Å². The Morgan fingerprint density at radius 1 is 1.11 bits per heavy atom. The monoisotopic (exact) mass is 259 g/mol. The van der Waals surface area contributed by atoms with Crippen LogP contribution < -0.4 is 5.32 Å². The summed E-state index contributed by atoms with van der Waals surface area (Å²) < 4.78 is 0. The maximum atomic E-state index is 11.5. The van der Waals surface area contributed by atoms with Crippen molar-refractivity contribution in [3.05, 3.63) is 0 Å². The Morgan fingerprint density at radius 3 is 2.28 bits per heavy atom. The van der Waals surface area contributed by atoms with Gasteiger partial charge in [-0.1, -0.05) is 13.8 Å². The van der Waals surface area contributed by atoms with Crippen molar-refractivity contribution in [3.8, 4) is 0 Å². The lowest BCUT2D eigenvalue weighted by molar-refractivity contribution is -0.137. The molecule has 106 valence electrons. The second kappa shape index (κ2) is 8.91. The van der Waals surface area contributed by atoms with Crippen LogP contribution in [0.1, 0.15) is 52.4 Å². The van der Waals surface area contributed by atoms with Gasteiger partial charge in [-0.2, -0.15) is 0 Å². The second-order valence-corrected chi connectivity index (χ2v) is 5.37. The first-order valence-corrected chi connectivity index (χ1v) is 6.47. The fraction of sp³-hybridized carbons (Fsp3) is 0.846. The Balaban J connectivity index is 3.65. The molecular weight excluding hydrogens is 234 g/mol. The molecule has 0 saturated heterocycles. The number of carbonyl (C=O) groups excluding carboxylic acids is 1. The first-order valence-electron chi connectivity index (χ1n) is 6.47. The number of carbonyl (C=O) groups is 2. The number of carboxylic acids is 1. The highest BCUT2D eigenvalue weighted by molar-refractivity contribution is 5.75. The lowest BCUT2D eigenvalue weighted by Gasteiger charge is -2.24. The number of amides is 1. The molecule has 5 nitrogen and oxygen atoms in total. The van der Waals surface area contributed by atoms with Gasteiger partial charge in [0.05, 0.1) is 0 Å². The van der Waals surface area contributed by atoms with Crippen LogP contribution in [0.25, 0.3) is 0 Å². The van der Waals surface area contributed by atoms with E-state index in [2.05, 4.69) is 5.32 Å². The zero-order valence-electron chi connectivity index (χ0n) is 11.4. The Kier molecular flexibility index (Phi) is 8.37. The number of hydrogen-bond acceptors (Lipinski definition) is 3. The molecule has 0 aliphatic carbocycles. The van der Waals surface area contributed by atoms with Gasteiger partial charge in [0.1, 0.15) is 0 Å². The molecule has 18 heavy (non-hydrogen) atoms. The molecule has 0 bridgehead atoms. The third-order valence-electron chi connectivity index (χ3n) is 2.82. The van der Waals surface area contributed by atoms with E-state index in [1.807, 2.05) is 13.8 Å². The Hall–Kier alpha value is -1.10. The normalized spacial score (nSPS) is 11.3. The molecule has 1 amide bonds. The number of rotatable bonds is 10. The zero-order valence-corrected chi connectivity index (χ0v) is 11.4. The molecule has 0 heterocycles. The van der Waals surface area contributed by atoms with E-state index in [0.29, 0.717) is 25.8 Å². The van der Waals surface area contributed by atoms with Crippen molar-refractivity contribution in [2.24, 2.45) is 5.41 Å². The van der Waals surface area contributed by atoms with E-state index in [0.717, 1.165) is 12.8 Å². The van der Waals surface area contributed by atoms with Crippen LogP contribution in [-0.4, -0.2) is 35.2 Å². The quantitative estimate of drug-likeness (QED) is 0.519. The minimum Gasteiger partial charge on any atom is -0.481 e. The van der Waals surface area contributed by atoms with Crippen molar-refractivity contribution < 1.29 is 19.8 Å². The summed E-state index contributed by atoms with van der Waals surface area (Å²) in [5.41, 5.74) is -0.0144. The Bertz CT molecular complexity index is 264. The summed E-state index contributed by atoms with van der Waals surface area (Å²) >= 11 is 0. The molecule has 3 N–H and O–H groups in total. The van der Waals surface area contributed by atoms with Crippen LogP contribution in [0, 0.1) is 5.41 Å². The van der Waals surface area contributed by atoms with Crippen molar-refractivity contribution in [1.29, 1.82) is 0 Å². The predicted molar refractivity (Wildman–Crippen MR) is 69.2 cm³/mol. The molecule has 0 saturated carbocycles. The molecule has 0 aliphatic rings. The number of unbranched alkanes of at least 4 members (excludes halogenated alkanes) is 1. The van der Waals surface area contributed by atoms with Gasteiger partial charge in [0.25, 0.3) is 0 Å². The third-order valence-corrected chi connectivity index (χ3v) is 2.82. The molecule has 0 aliphatic heterocycles. The highest BCUT2D eigenvalue weighted by Crippen LogP contribution is 2.20. The smallest absolute Gasteiger partial charge is 0.303 e. The van der Waals surface area contributed by atoms with Crippen molar-refractivity contribution in [2.45, 2.75) is 52.4 Å². The van der Waals surface area contributed by atoms with E-state index in [4.69, 9.17) is 10.2 Å². The molecule has 0 radical (unpaired) electrons. The lowest BCUT2D eigenvalue weighted by atomic mass is 9.88. The van der Waals surface area contributed by atoms with Gasteiger partial charge >= 0.3 is 5.97 Å². The first-order chi connectivity index (χ1) is 8.37. The van der Waals surface area contributed by atoms with Gasteiger partial charge in [-0.15, -0.1) is 0 Å². The van der Waals surface area contributed by atoms with Gasteiger partial charge in [-0.05, 0) is 31.1 Å². The van der Waals surface area contributed by atoms with Crippen LogP contribution in [0.2, 0.25) is 0 Å². The molecule has 0 aromatic rings. The van der Waals surface area contributed by atoms with Crippen LogP contribution in [0.3, 0.4) is 0 Å². The van der Waals surface area contributed by atoms with E-state index in [1.165, 1.54) is 0 Å². The second-order valence-electron chi connectivity index (χ2n) is 5.37. The van der Waals surface area contributed by atoms with E-state index in [1.54, 1.807) is 0 Å². The number of aliphatic carboxylic acids is 1. The average Bonchev–Trinajstić information content (AvgIpc) is 2.29. The van der Waals surface area contributed by atoms with Crippen LogP contribution in [0.15, 0.2) is 0 Å². The van der Waals surface area contributed by atoms with Crippen molar-refractivity contribution in [3.63, 3.8) is 0 Å². The maximum Gasteiger partial charge on any atom is 0.303 e. The SMILES string of the molecule is CC(C)(CCCO)CNC(=O)CCCCC(=O)O. The van der Waals surface area contributed by atoms with Crippen LogP contribution in [0.4, 0.5) is 0 Å². The standard InChI is InChI=1S/C13H25NO4/c1-13(2,8-5-9-15)10-14-11(16)6-3-4-7-12(17)18/h15H,3-10H2,1-2H3,(H,14,16)(H,17,18). The molecule has 0 aromatic heterocycles. The molecule has 0 unspecified atom stereocenters. The minimum absolute atomic E-state index is 0.0144. The van der Waals surface area contributed by atoms with Crippen LogP contribution in [-0.2, 0) is 9.59 Å². The highest BCUT2D eigenvalue weighted by atomic mass is 16.4. The molecule has 5 heteroatoms. The van der Waals surface area contributed by atoms with E-state index in [9.17, 15) is 9.59 Å². The summed E-state index contributed by atoms with van der Waals surface area (Å²) in [6.07, 6.45) is 3.24. The van der Waals surface area contributed by atoms with Gasteiger partial charge in [-0.25, -0.2) is 0 Å².